The number of hydrogen-bond donors (Lipinski definition) is 0. The van der Waals surface area contributed by atoms with Crippen molar-refractivity contribution in [3.8, 4) is 6.07 Å². The van der Waals surface area contributed by atoms with Crippen LogP contribution in [0.1, 0.15) is 24.0 Å². The molecule has 0 spiro atoms. The predicted molar refractivity (Wildman–Crippen MR) is 85.6 cm³/mol. The lowest BCUT2D eigenvalue weighted by Crippen LogP contribution is -2.04. The van der Waals surface area contributed by atoms with Gasteiger partial charge in [-0.1, -0.05) is 12.1 Å². The molecule has 1 aromatic carbocycles. The quantitative estimate of drug-likeness (QED) is 0.433. The van der Waals surface area contributed by atoms with Crippen LogP contribution in [-0.2, 0) is 29.8 Å². The molecule has 9 heteroatoms. The van der Waals surface area contributed by atoms with Crippen LogP contribution in [0.15, 0.2) is 24.3 Å². The van der Waals surface area contributed by atoms with Crippen LogP contribution in [0.2, 0.25) is 0 Å². The van der Waals surface area contributed by atoms with Crippen molar-refractivity contribution < 1.29 is 21.0 Å². The van der Waals surface area contributed by atoms with Crippen LogP contribution in [0.4, 0.5) is 0 Å². The third-order valence-electron chi connectivity index (χ3n) is 2.24. The minimum atomic E-state index is -3.31. The Hall–Kier alpha value is -1.14. The van der Waals surface area contributed by atoms with Gasteiger partial charge in [0, 0.05) is 10.7 Å². The van der Waals surface area contributed by atoms with Crippen molar-refractivity contribution in [3.63, 3.8) is 0 Å². The molecule has 0 atom stereocenters. The Balaban J connectivity index is 0.000000763. The normalized spacial score (nSPS) is 11.2. The first-order valence-electron chi connectivity index (χ1n) is 6.24. The first kappa shape index (κ1) is 20.9. The summed E-state index contributed by atoms with van der Waals surface area (Å²) in [5, 5.41) is 8.63. The Morgan fingerprint density at radius 2 is 1.59 bits per heavy atom. The standard InChI is InChI=1S/C12H15NO3S.CH3ClO2S/c1-17(14,15)16-9-3-2-4-11-5-7-12(10-13)8-6-11;1-5(2,3)4/h5-8H,2-4,9H2,1H3;1H3. The largest absolute Gasteiger partial charge is 0.270 e. The summed E-state index contributed by atoms with van der Waals surface area (Å²) in [6, 6.07) is 9.45. The zero-order chi connectivity index (χ0) is 17.2. The van der Waals surface area contributed by atoms with Crippen molar-refractivity contribution in [2.24, 2.45) is 0 Å². The zero-order valence-electron chi connectivity index (χ0n) is 12.3. The molecule has 0 saturated heterocycles. The molecule has 0 unspecified atom stereocenters. The maximum Gasteiger partial charge on any atom is 0.264 e. The maximum absolute atomic E-state index is 10.7. The average Bonchev–Trinajstić information content (AvgIpc) is 2.36. The summed E-state index contributed by atoms with van der Waals surface area (Å²) in [5.74, 6) is 0. The molecule has 0 amide bonds. The first-order chi connectivity index (χ1) is 10.0. The van der Waals surface area contributed by atoms with Crippen LogP contribution in [0.5, 0.6) is 0 Å². The predicted octanol–water partition coefficient (Wildman–Crippen LogP) is 2.04. The van der Waals surface area contributed by atoms with Gasteiger partial charge in [0.1, 0.15) is 0 Å². The van der Waals surface area contributed by atoms with Crippen LogP contribution >= 0.6 is 10.7 Å². The highest BCUT2D eigenvalue weighted by atomic mass is 35.7. The summed E-state index contributed by atoms with van der Waals surface area (Å²) in [4.78, 5) is 0. The molecular formula is C13H18ClNO5S2. The van der Waals surface area contributed by atoms with Gasteiger partial charge in [-0.25, -0.2) is 8.42 Å². The van der Waals surface area contributed by atoms with E-state index in [1.165, 1.54) is 0 Å². The minimum absolute atomic E-state index is 0.231. The summed E-state index contributed by atoms with van der Waals surface area (Å²) in [6.45, 7) is 0.231. The van der Waals surface area contributed by atoms with Crippen molar-refractivity contribution in [1.29, 1.82) is 5.26 Å². The second-order valence-electron chi connectivity index (χ2n) is 4.47. The number of halogens is 1. The lowest BCUT2D eigenvalue weighted by Gasteiger charge is -2.02. The summed E-state index contributed by atoms with van der Waals surface area (Å²) < 4.78 is 44.8. The summed E-state index contributed by atoms with van der Waals surface area (Å²) in [7, 11) is -2.01. The van der Waals surface area contributed by atoms with E-state index in [1.807, 2.05) is 12.1 Å². The first-order valence-corrected chi connectivity index (χ1v) is 10.8. The van der Waals surface area contributed by atoms with Gasteiger partial charge in [0.15, 0.2) is 0 Å². The van der Waals surface area contributed by atoms with Gasteiger partial charge in [-0.05, 0) is 37.0 Å². The second kappa shape index (κ2) is 9.79. The molecule has 1 rings (SSSR count). The second-order valence-corrected chi connectivity index (χ2v) is 9.16. The SMILES string of the molecule is CS(=O)(=O)Cl.CS(=O)(=O)OCCCCc1ccc(C#N)cc1. The molecule has 0 fully saturated rings. The van der Waals surface area contributed by atoms with Crippen LogP contribution in [0.25, 0.3) is 0 Å². The zero-order valence-corrected chi connectivity index (χ0v) is 14.7. The lowest BCUT2D eigenvalue weighted by atomic mass is 10.1. The Kier molecular flexibility index (Phi) is 9.28. The lowest BCUT2D eigenvalue weighted by molar-refractivity contribution is 0.312. The number of nitriles is 1. The molecule has 0 N–H and O–H groups in total. The van der Waals surface area contributed by atoms with Gasteiger partial charge in [0.2, 0.25) is 9.05 Å². The number of benzene rings is 1. The van der Waals surface area contributed by atoms with Crippen LogP contribution in [-0.4, -0.2) is 36.0 Å². The Labute approximate surface area is 136 Å². The van der Waals surface area contributed by atoms with Gasteiger partial charge in [-0.15, -0.1) is 0 Å². The summed E-state index contributed by atoms with van der Waals surface area (Å²) >= 11 is 0. The van der Waals surface area contributed by atoms with Gasteiger partial charge >= 0.3 is 0 Å². The molecule has 0 aromatic heterocycles. The molecule has 0 aliphatic heterocycles. The van der Waals surface area contributed by atoms with E-state index in [9.17, 15) is 16.8 Å². The highest BCUT2D eigenvalue weighted by molar-refractivity contribution is 8.13. The van der Waals surface area contributed by atoms with Crippen molar-refractivity contribution >= 4 is 29.9 Å². The van der Waals surface area contributed by atoms with Crippen LogP contribution in [0, 0.1) is 11.3 Å². The number of unbranched alkanes of at least 4 members (excludes halogenated alkanes) is 1. The fourth-order valence-electron chi connectivity index (χ4n) is 1.39. The third-order valence-corrected chi connectivity index (χ3v) is 2.84. The Bertz CT molecular complexity index is 683. The highest BCUT2D eigenvalue weighted by Gasteiger charge is 2.00. The van der Waals surface area contributed by atoms with E-state index in [4.69, 9.17) is 5.26 Å². The van der Waals surface area contributed by atoms with Gasteiger partial charge in [-0.2, -0.15) is 13.7 Å². The van der Waals surface area contributed by atoms with Crippen molar-refractivity contribution in [2.45, 2.75) is 19.3 Å². The molecule has 0 bridgehead atoms. The van der Waals surface area contributed by atoms with Gasteiger partial charge in [-0.3, -0.25) is 4.18 Å². The van der Waals surface area contributed by atoms with Gasteiger partial charge < -0.3 is 0 Å². The molecule has 0 aliphatic carbocycles. The third kappa shape index (κ3) is 15.3. The van der Waals surface area contributed by atoms with Crippen LogP contribution in [0.3, 0.4) is 0 Å². The Morgan fingerprint density at radius 1 is 1.09 bits per heavy atom. The number of aryl methyl sites for hydroxylation is 1. The molecule has 0 saturated carbocycles. The fourth-order valence-corrected chi connectivity index (χ4v) is 1.81. The van der Waals surface area contributed by atoms with E-state index in [0.29, 0.717) is 12.0 Å². The number of rotatable bonds is 6. The van der Waals surface area contributed by atoms with E-state index in [-0.39, 0.29) is 6.61 Å². The topological polar surface area (TPSA) is 101 Å². The maximum atomic E-state index is 10.7. The van der Waals surface area contributed by atoms with Crippen molar-refractivity contribution in [2.75, 3.05) is 19.1 Å². The summed E-state index contributed by atoms with van der Waals surface area (Å²) in [5.41, 5.74) is 1.79. The van der Waals surface area contributed by atoms with Crippen LogP contribution < -0.4 is 0 Å². The molecule has 124 valence electrons. The molecule has 0 heterocycles. The molecule has 22 heavy (non-hydrogen) atoms. The smallest absolute Gasteiger partial charge is 0.264 e. The van der Waals surface area contributed by atoms with Crippen molar-refractivity contribution in [1.82, 2.24) is 0 Å². The molecule has 1 aromatic rings. The van der Waals surface area contributed by atoms with E-state index in [2.05, 4.69) is 20.9 Å². The number of nitrogens with zero attached hydrogens (tertiary/aromatic N) is 1. The van der Waals surface area contributed by atoms with Gasteiger partial charge in [0.05, 0.1) is 30.8 Å². The van der Waals surface area contributed by atoms with E-state index < -0.39 is 19.2 Å². The van der Waals surface area contributed by atoms with E-state index in [0.717, 1.165) is 30.9 Å². The Morgan fingerprint density at radius 3 is 2.00 bits per heavy atom. The molecule has 0 radical (unpaired) electrons. The molecule has 6 nitrogen and oxygen atoms in total. The number of hydrogen-bond acceptors (Lipinski definition) is 6. The minimum Gasteiger partial charge on any atom is -0.270 e. The summed E-state index contributed by atoms with van der Waals surface area (Å²) in [6.07, 6.45) is 4.40. The monoisotopic (exact) mass is 367 g/mol. The van der Waals surface area contributed by atoms with E-state index in [1.54, 1.807) is 12.1 Å². The fraction of sp³-hybridized carbons (Fsp3) is 0.462. The molecular weight excluding hydrogens is 350 g/mol. The molecule has 0 aliphatic rings. The average molecular weight is 368 g/mol. The van der Waals surface area contributed by atoms with E-state index >= 15 is 0 Å². The van der Waals surface area contributed by atoms with Gasteiger partial charge in [0.25, 0.3) is 10.1 Å². The highest BCUT2D eigenvalue weighted by Crippen LogP contribution is 2.07. The van der Waals surface area contributed by atoms with Crippen molar-refractivity contribution in [3.05, 3.63) is 35.4 Å².